The first kappa shape index (κ1) is 15.3. The Labute approximate surface area is 152 Å². The van der Waals surface area contributed by atoms with Crippen LogP contribution in [0.25, 0.3) is 11.0 Å². The van der Waals surface area contributed by atoms with Gasteiger partial charge in [0.05, 0.1) is 22.6 Å². The van der Waals surface area contributed by atoms with Crippen molar-refractivity contribution < 1.29 is 4.79 Å². The first-order chi connectivity index (χ1) is 12.7. The highest BCUT2D eigenvalue weighted by molar-refractivity contribution is 6.07. The lowest BCUT2D eigenvalue weighted by Gasteiger charge is -2.38. The number of rotatable bonds is 1. The minimum atomic E-state index is -0.383. The number of nitrogens with zero attached hydrogens (tertiary/aromatic N) is 4. The first-order valence-corrected chi connectivity index (χ1v) is 9.03. The van der Waals surface area contributed by atoms with E-state index in [1.807, 2.05) is 60.6 Å². The van der Waals surface area contributed by atoms with Crippen LogP contribution in [0.2, 0.25) is 0 Å². The summed E-state index contributed by atoms with van der Waals surface area (Å²) in [5.41, 5.74) is 3.67. The minimum Gasteiger partial charge on any atom is -0.355 e. The lowest BCUT2D eigenvalue weighted by molar-refractivity contribution is -0.123. The number of amides is 1. The summed E-state index contributed by atoms with van der Waals surface area (Å²) in [5, 5.41) is 0. The van der Waals surface area contributed by atoms with Crippen LogP contribution in [-0.4, -0.2) is 36.0 Å². The molecule has 2 aliphatic heterocycles. The third-order valence-electron chi connectivity index (χ3n) is 5.87. The van der Waals surface area contributed by atoms with Gasteiger partial charge in [-0.05, 0) is 36.6 Å². The zero-order chi connectivity index (χ0) is 17.7. The average molecular weight is 344 g/mol. The minimum absolute atomic E-state index is 0.225. The first-order valence-electron chi connectivity index (χ1n) is 9.03. The third-order valence-corrected chi connectivity index (χ3v) is 5.87. The van der Waals surface area contributed by atoms with E-state index in [0.29, 0.717) is 0 Å². The van der Waals surface area contributed by atoms with Gasteiger partial charge in [0.25, 0.3) is 0 Å². The predicted octanol–water partition coefficient (Wildman–Crippen LogP) is 3.14. The number of anilines is 2. The topological polar surface area (TPSA) is 49.3 Å². The van der Waals surface area contributed by atoms with Crippen molar-refractivity contribution in [2.75, 3.05) is 29.9 Å². The van der Waals surface area contributed by atoms with Crippen molar-refractivity contribution in [1.82, 2.24) is 9.97 Å². The van der Waals surface area contributed by atoms with Gasteiger partial charge in [-0.3, -0.25) is 9.78 Å². The number of hydrogen-bond donors (Lipinski definition) is 0. The molecule has 0 bridgehead atoms. The van der Waals surface area contributed by atoms with Crippen molar-refractivity contribution in [3.63, 3.8) is 0 Å². The summed E-state index contributed by atoms with van der Waals surface area (Å²) in [6, 6.07) is 16.1. The summed E-state index contributed by atoms with van der Waals surface area (Å²) in [6.07, 6.45) is 3.46. The fourth-order valence-electron chi connectivity index (χ4n) is 4.42. The van der Waals surface area contributed by atoms with Crippen molar-refractivity contribution in [2.45, 2.75) is 18.3 Å². The van der Waals surface area contributed by atoms with Gasteiger partial charge in [0.2, 0.25) is 5.91 Å². The van der Waals surface area contributed by atoms with E-state index in [0.717, 1.165) is 48.5 Å². The summed E-state index contributed by atoms with van der Waals surface area (Å²) >= 11 is 0. The molecule has 130 valence electrons. The van der Waals surface area contributed by atoms with Gasteiger partial charge >= 0.3 is 0 Å². The van der Waals surface area contributed by atoms with Crippen molar-refractivity contribution >= 4 is 28.4 Å². The Morgan fingerprint density at radius 3 is 2.46 bits per heavy atom. The Hall–Kier alpha value is -2.95. The van der Waals surface area contributed by atoms with E-state index in [2.05, 4.69) is 16.0 Å². The molecule has 1 aromatic heterocycles. The molecule has 1 spiro atoms. The molecule has 0 atom stereocenters. The van der Waals surface area contributed by atoms with Gasteiger partial charge in [-0.1, -0.05) is 30.3 Å². The summed E-state index contributed by atoms with van der Waals surface area (Å²) < 4.78 is 0. The van der Waals surface area contributed by atoms with Crippen molar-refractivity contribution in [2.24, 2.45) is 0 Å². The van der Waals surface area contributed by atoms with Crippen LogP contribution in [0.15, 0.2) is 54.7 Å². The second kappa shape index (κ2) is 5.53. The number of carbonyl (C=O) groups is 1. The molecule has 26 heavy (non-hydrogen) atoms. The number of likely N-dealkylation sites (N-methyl/N-ethyl adjacent to an activating group) is 1. The molecular formula is C21H20N4O. The van der Waals surface area contributed by atoms with E-state index in [1.165, 1.54) is 5.56 Å². The highest BCUT2D eigenvalue weighted by Crippen LogP contribution is 2.47. The number of piperidine rings is 1. The molecule has 2 aliphatic rings. The SMILES string of the molecule is CN1C(=O)C2(CCN(c3cnc4ccccc4n3)CC2)c2ccccc21. The molecule has 0 aliphatic carbocycles. The van der Waals surface area contributed by atoms with E-state index in [4.69, 9.17) is 4.98 Å². The van der Waals surface area contributed by atoms with Gasteiger partial charge in [-0.15, -0.1) is 0 Å². The lowest BCUT2D eigenvalue weighted by Crippen LogP contribution is -2.48. The fraction of sp³-hybridized carbons (Fsp3) is 0.286. The van der Waals surface area contributed by atoms with Gasteiger partial charge in [0.15, 0.2) is 0 Å². The standard InChI is InChI=1S/C21H20N4O/c1-24-18-9-5-2-6-15(18)21(20(24)26)10-12-25(13-11-21)19-14-22-16-7-3-4-8-17(16)23-19/h2-9,14H,10-13H2,1H3. The summed E-state index contributed by atoms with van der Waals surface area (Å²) in [4.78, 5) is 26.4. The maximum absolute atomic E-state index is 13.0. The zero-order valence-electron chi connectivity index (χ0n) is 14.7. The normalized spacial score (nSPS) is 18.6. The molecule has 0 unspecified atom stereocenters. The van der Waals surface area contributed by atoms with Crippen LogP contribution in [-0.2, 0) is 10.2 Å². The molecule has 1 saturated heterocycles. The Morgan fingerprint density at radius 2 is 1.65 bits per heavy atom. The van der Waals surface area contributed by atoms with Gasteiger partial charge in [0.1, 0.15) is 5.82 Å². The quantitative estimate of drug-likeness (QED) is 0.680. The summed E-state index contributed by atoms with van der Waals surface area (Å²) in [6.45, 7) is 1.61. The predicted molar refractivity (Wildman–Crippen MR) is 103 cm³/mol. The second-order valence-electron chi connectivity index (χ2n) is 7.17. The van der Waals surface area contributed by atoms with Gasteiger partial charge < -0.3 is 9.80 Å². The number of para-hydroxylation sites is 3. The van der Waals surface area contributed by atoms with Crippen LogP contribution in [0.3, 0.4) is 0 Å². The Morgan fingerprint density at radius 1 is 0.962 bits per heavy atom. The highest BCUT2D eigenvalue weighted by Gasteiger charge is 2.50. The molecule has 3 aromatic rings. The summed E-state index contributed by atoms with van der Waals surface area (Å²) in [7, 11) is 1.89. The maximum Gasteiger partial charge on any atom is 0.237 e. The number of hydrogen-bond acceptors (Lipinski definition) is 4. The average Bonchev–Trinajstić information content (AvgIpc) is 2.91. The smallest absolute Gasteiger partial charge is 0.237 e. The van der Waals surface area contributed by atoms with Crippen LogP contribution in [0.4, 0.5) is 11.5 Å². The molecule has 0 N–H and O–H groups in total. The molecule has 5 heteroatoms. The molecule has 2 aromatic carbocycles. The van der Waals surface area contributed by atoms with Crippen LogP contribution < -0.4 is 9.80 Å². The van der Waals surface area contributed by atoms with Crippen LogP contribution >= 0.6 is 0 Å². The van der Waals surface area contributed by atoms with E-state index in [-0.39, 0.29) is 11.3 Å². The molecule has 1 fully saturated rings. The monoisotopic (exact) mass is 344 g/mol. The third kappa shape index (κ3) is 2.06. The zero-order valence-corrected chi connectivity index (χ0v) is 14.7. The largest absolute Gasteiger partial charge is 0.355 e. The maximum atomic E-state index is 13.0. The molecular weight excluding hydrogens is 324 g/mol. The van der Waals surface area contributed by atoms with Gasteiger partial charge in [-0.2, -0.15) is 0 Å². The number of fused-ring (bicyclic) bond motifs is 3. The van der Waals surface area contributed by atoms with E-state index in [1.54, 1.807) is 0 Å². The second-order valence-corrected chi connectivity index (χ2v) is 7.17. The van der Waals surface area contributed by atoms with E-state index >= 15 is 0 Å². The van der Waals surface area contributed by atoms with Crippen molar-refractivity contribution in [1.29, 1.82) is 0 Å². The van der Waals surface area contributed by atoms with Crippen LogP contribution in [0.1, 0.15) is 18.4 Å². The molecule has 3 heterocycles. The van der Waals surface area contributed by atoms with Crippen molar-refractivity contribution in [3.8, 4) is 0 Å². The highest BCUT2D eigenvalue weighted by atomic mass is 16.2. The van der Waals surface area contributed by atoms with E-state index < -0.39 is 0 Å². The summed E-state index contributed by atoms with van der Waals surface area (Å²) in [5.74, 6) is 1.12. The van der Waals surface area contributed by atoms with Gasteiger partial charge in [-0.25, -0.2) is 4.98 Å². The molecule has 0 saturated carbocycles. The fourth-order valence-corrected chi connectivity index (χ4v) is 4.42. The van der Waals surface area contributed by atoms with Crippen LogP contribution in [0, 0.1) is 0 Å². The number of aromatic nitrogens is 2. The Kier molecular flexibility index (Phi) is 3.26. The molecule has 5 rings (SSSR count). The molecule has 0 radical (unpaired) electrons. The van der Waals surface area contributed by atoms with Crippen molar-refractivity contribution in [3.05, 3.63) is 60.3 Å². The lowest BCUT2D eigenvalue weighted by atomic mass is 9.73. The molecule has 1 amide bonds. The number of carbonyl (C=O) groups excluding carboxylic acids is 1. The Bertz CT molecular complexity index is 1010. The Balaban J connectivity index is 1.45. The van der Waals surface area contributed by atoms with Gasteiger partial charge in [0, 0.05) is 25.8 Å². The van der Waals surface area contributed by atoms with Crippen LogP contribution in [0.5, 0.6) is 0 Å². The number of benzene rings is 2. The van der Waals surface area contributed by atoms with E-state index in [9.17, 15) is 4.79 Å². The molecule has 5 nitrogen and oxygen atoms in total.